The minimum Gasteiger partial charge on any atom is -0.493 e. The van der Waals surface area contributed by atoms with Gasteiger partial charge >= 0.3 is 5.97 Å². The number of para-hydroxylation sites is 1. The molecule has 30 heavy (non-hydrogen) atoms. The molecule has 0 saturated heterocycles. The van der Waals surface area contributed by atoms with Crippen LogP contribution in [0.4, 0.5) is 0 Å². The fourth-order valence-electron chi connectivity index (χ4n) is 2.85. The van der Waals surface area contributed by atoms with Crippen LogP contribution in [0.2, 0.25) is 0 Å². The number of thiazole rings is 1. The minimum atomic E-state index is -0.436. The number of carbonyl (C=O) groups excluding carboxylic acids is 2. The first-order chi connectivity index (χ1) is 14.5. The summed E-state index contributed by atoms with van der Waals surface area (Å²) < 4.78 is 18.2. The highest BCUT2D eigenvalue weighted by atomic mass is 32.1. The van der Waals surface area contributed by atoms with Gasteiger partial charge in [-0.2, -0.15) is 4.99 Å². The van der Waals surface area contributed by atoms with E-state index in [1.54, 1.807) is 43.9 Å². The van der Waals surface area contributed by atoms with E-state index in [4.69, 9.17) is 14.2 Å². The molecular weight excluding hydrogens is 404 g/mol. The second-order valence-electron chi connectivity index (χ2n) is 6.14. The third-order valence-corrected chi connectivity index (χ3v) is 5.27. The third kappa shape index (κ3) is 4.96. The molecule has 0 aliphatic heterocycles. The largest absolute Gasteiger partial charge is 0.493 e. The van der Waals surface area contributed by atoms with E-state index in [9.17, 15) is 9.59 Å². The molecule has 0 saturated carbocycles. The molecule has 156 valence electrons. The van der Waals surface area contributed by atoms with Crippen molar-refractivity contribution in [3.05, 3.63) is 58.9 Å². The maximum absolute atomic E-state index is 12.5. The Morgan fingerprint density at radius 3 is 2.60 bits per heavy atom. The highest BCUT2D eigenvalue weighted by Crippen LogP contribution is 2.28. The van der Waals surface area contributed by atoms with Crippen LogP contribution in [0.15, 0.2) is 53.5 Å². The molecule has 2 aromatic carbocycles. The third-order valence-electron chi connectivity index (χ3n) is 4.21. The number of carbonyl (C=O) groups is 2. The van der Waals surface area contributed by atoms with E-state index in [1.165, 1.54) is 17.4 Å². The van der Waals surface area contributed by atoms with Crippen molar-refractivity contribution in [1.82, 2.24) is 4.57 Å². The van der Waals surface area contributed by atoms with Crippen LogP contribution >= 0.6 is 11.3 Å². The van der Waals surface area contributed by atoms with Gasteiger partial charge in [-0.3, -0.25) is 9.59 Å². The first kappa shape index (κ1) is 21.3. The van der Waals surface area contributed by atoms with Crippen molar-refractivity contribution in [2.24, 2.45) is 4.99 Å². The van der Waals surface area contributed by atoms with Crippen LogP contribution in [0, 0.1) is 0 Å². The molecule has 0 radical (unpaired) electrons. The summed E-state index contributed by atoms with van der Waals surface area (Å²) in [6.07, 6.45) is 3.02. The summed E-state index contributed by atoms with van der Waals surface area (Å²) in [5.41, 5.74) is 1.60. The van der Waals surface area contributed by atoms with Gasteiger partial charge in [0.2, 0.25) is 0 Å². The van der Waals surface area contributed by atoms with E-state index in [1.807, 2.05) is 30.3 Å². The fourth-order valence-corrected chi connectivity index (χ4v) is 3.89. The summed E-state index contributed by atoms with van der Waals surface area (Å²) in [6, 6.07) is 12.9. The highest BCUT2D eigenvalue weighted by Gasteiger charge is 2.11. The maximum Gasteiger partial charge on any atom is 0.326 e. The Morgan fingerprint density at radius 2 is 1.87 bits per heavy atom. The SMILES string of the molecule is CCOC(=O)Cn1c(=NC(=O)C=Cc2ccc(OC)c(OC)c2)sc2ccccc21. The minimum absolute atomic E-state index is 0.0106. The quantitative estimate of drug-likeness (QED) is 0.427. The lowest BCUT2D eigenvalue weighted by molar-refractivity contribution is -0.143. The van der Waals surface area contributed by atoms with E-state index in [0.717, 1.165) is 15.8 Å². The molecule has 0 spiro atoms. The van der Waals surface area contributed by atoms with Crippen molar-refractivity contribution in [3.8, 4) is 11.5 Å². The summed E-state index contributed by atoms with van der Waals surface area (Å²) in [7, 11) is 3.11. The zero-order chi connectivity index (χ0) is 21.5. The molecule has 0 bridgehead atoms. The maximum atomic E-state index is 12.5. The molecule has 0 N–H and O–H groups in total. The van der Waals surface area contributed by atoms with Gasteiger partial charge in [-0.1, -0.05) is 29.5 Å². The molecule has 0 fully saturated rings. The van der Waals surface area contributed by atoms with Crippen LogP contribution in [0.25, 0.3) is 16.3 Å². The predicted octanol–water partition coefficient (Wildman–Crippen LogP) is 3.42. The standard InChI is InChI=1S/C22H22N2O5S/c1-4-29-21(26)14-24-16-7-5-6-8-19(16)30-22(24)23-20(25)12-10-15-9-11-17(27-2)18(13-15)28-3/h5-13H,4,14H2,1-3H3. The highest BCUT2D eigenvalue weighted by molar-refractivity contribution is 7.16. The smallest absolute Gasteiger partial charge is 0.326 e. The Kier molecular flexibility index (Phi) is 7.03. The van der Waals surface area contributed by atoms with Crippen molar-refractivity contribution < 1.29 is 23.8 Å². The van der Waals surface area contributed by atoms with Gasteiger partial charge in [-0.05, 0) is 42.8 Å². The van der Waals surface area contributed by atoms with Gasteiger partial charge in [-0.25, -0.2) is 0 Å². The lowest BCUT2D eigenvalue weighted by Gasteiger charge is -2.07. The number of hydrogen-bond donors (Lipinski definition) is 0. The van der Waals surface area contributed by atoms with Gasteiger partial charge in [-0.15, -0.1) is 0 Å². The Morgan fingerprint density at radius 1 is 1.10 bits per heavy atom. The van der Waals surface area contributed by atoms with Crippen molar-refractivity contribution in [3.63, 3.8) is 0 Å². The lowest BCUT2D eigenvalue weighted by Crippen LogP contribution is -2.22. The zero-order valence-corrected chi connectivity index (χ0v) is 17.8. The van der Waals surface area contributed by atoms with E-state index in [2.05, 4.69) is 4.99 Å². The van der Waals surface area contributed by atoms with Gasteiger partial charge in [0.05, 0.1) is 31.0 Å². The molecule has 1 aromatic heterocycles. The van der Waals surface area contributed by atoms with Gasteiger partial charge in [0, 0.05) is 6.08 Å². The summed E-state index contributed by atoms with van der Waals surface area (Å²) in [6.45, 7) is 2.03. The molecule has 8 heteroatoms. The number of rotatable bonds is 7. The van der Waals surface area contributed by atoms with E-state index in [0.29, 0.717) is 22.9 Å². The van der Waals surface area contributed by atoms with Gasteiger partial charge in [0.1, 0.15) is 6.54 Å². The monoisotopic (exact) mass is 426 g/mol. The number of fused-ring (bicyclic) bond motifs is 1. The number of ether oxygens (including phenoxy) is 3. The number of benzene rings is 2. The molecule has 0 aliphatic carbocycles. The molecule has 1 heterocycles. The molecule has 0 aliphatic rings. The van der Waals surface area contributed by atoms with Crippen molar-refractivity contribution >= 4 is 39.5 Å². The van der Waals surface area contributed by atoms with Crippen molar-refractivity contribution in [2.45, 2.75) is 13.5 Å². The van der Waals surface area contributed by atoms with Crippen LogP contribution in [0.3, 0.4) is 0 Å². The predicted molar refractivity (Wildman–Crippen MR) is 116 cm³/mol. The summed E-state index contributed by atoms with van der Waals surface area (Å²) in [5, 5.41) is 0. The number of hydrogen-bond acceptors (Lipinski definition) is 6. The van der Waals surface area contributed by atoms with E-state index in [-0.39, 0.29) is 12.5 Å². The molecular formula is C22H22N2O5S. The van der Waals surface area contributed by atoms with E-state index < -0.39 is 5.91 Å². The molecule has 1 amide bonds. The number of aromatic nitrogens is 1. The van der Waals surface area contributed by atoms with Gasteiger partial charge in [0.15, 0.2) is 16.3 Å². The van der Waals surface area contributed by atoms with Crippen LogP contribution in [-0.2, 0) is 20.9 Å². The first-order valence-corrected chi connectivity index (χ1v) is 10.1. The first-order valence-electron chi connectivity index (χ1n) is 9.28. The number of amides is 1. The average Bonchev–Trinajstić information content (AvgIpc) is 3.09. The van der Waals surface area contributed by atoms with Crippen LogP contribution in [-0.4, -0.2) is 37.3 Å². The Bertz CT molecular complexity index is 1160. The molecule has 3 rings (SSSR count). The Hall–Kier alpha value is -3.39. The van der Waals surface area contributed by atoms with Crippen molar-refractivity contribution in [1.29, 1.82) is 0 Å². The second-order valence-corrected chi connectivity index (χ2v) is 7.15. The second kappa shape index (κ2) is 9.89. The molecule has 0 atom stereocenters. The normalized spacial score (nSPS) is 11.8. The molecule has 0 unspecified atom stereocenters. The summed E-state index contributed by atoms with van der Waals surface area (Å²) in [4.78, 5) is 29.1. The number of methoxy groups -OCH3 is 2. The topological polar surface area (TPSA) is 79.1 Å². The molecule has 7 nitrogen and oxygen atoms in total. The van der Waals surface area contributed by atoms with Crippen LogP contribution < -0.4 is 14.3 Å². The van der Waals surface area contributed by atoms with Crippen LogP contribution in [0.5, 0.6) is 11.5 Å². The van der Waals surface area contributed by atoms with Gasteiger partial charge in [0.25, 0.3) is 5.91 Å². The van der Waals surface area contributed by atoms with Crippen LogP contribution in [0.1, 0.15) is 12.5 Å². The Labute approximate surface area is 177 Å². The number of esters is 1. The summed E-state index contributed by atoms with van der Waals surface area (Å²) in [5.74, 6) is 0.363. The average molecular weight is 426 g/mol. The molecule has 3 aromatic rings. The summed E-state index contributed by atoms with van der Waals surface area (Å²) >= 11 is 1.34. The fraction of sp³-hybridized carbons (Fsp3) is 0.227. The Balaban J connectivity index is 1.91. The number of nitrogens with zero attached hydrogens (tertiary/aromatic N) is 2. The van der Waals surface area contributed by atoms with Gasteiger partial charge < -0.3 is 18.8 Å². The van der Waals surface area contributed by atoms with E-state index >= 15 is 0 Å². The van der Waals surface area contributed by atoms with Crippen molar-refractivity contribution in [2.75, 3.05) is 20.8 Å². The lowest BCUT2D eigenvalue weighted by atomic mass is 10.2. The zero-order valence-electron chi connectivity index (χ0n) is 17.0.